The van der Waals surface area contributed by atoms with Crippen LogP contribution in [0.1, 0.15) is 40.7 Å². The summed E-state index contributed by atoms with van der Waals surface area (Å²) in [4.78, 5) is 27.0. The van der Waals surface area contributed by atoms with Crippen LogP contribution in [-0.2, 0) is 4.79 Å². The summed E-state index contributed by atoms with van der Waals surface area (Å²) in [5, 5.41) is 8.91. The van der Waals surface area contributed by atoms with Crippen molar-refractivity contribution in [1.29, 1.82) is 0 Å². The van der Waals surface area contributed by atoms with Gasteiger partial charge in [-0.2, -0.15) is 0 Å². The maximum absolute atomic E-state index is 13.4. The number of carbonyl (C=O) groups excluding carboxylic acids is 1. The van der Waals surface area contributed by atoms with E-state index in [1.807, 2.05) is 30.3 Å². The van der Waals surface area contributed by atoms with Crippen LogP contribution in [-0.4, -0.2) is 30.2 Å². The Labute approximate surface area is 190 Å². The fraction of sp³-hybridized carbons (Fsp3) is 0.273. The molecule has 3 aromatic rings. The lowest BCUT2D eigenvalue weighted by Crippen LogP contribution is -2.31. The number of allylic oxidation sites excluding steroid dienone is 2. The number of H-pyrrole nitrogens is 2. The smallest absolute Gasteiger partial charge is 0.270 e. The SMILES string of the molecule is COc1ccc([C@H]2CC(=O)C3=C(C2)Nc2[nH][nH]c(=O)c2[C@@H]3c2ccc(Br)s2)cc1OC. The number of ketones is 1. The number of fused-ring (bicyclic) bond motifs is 1. The van der Waals surface area contributed by atoms with Gasteiger partial charge in [-0.25, -0.2) is 0 Å². The normalized spacial score (nSPS) is 20.2. The molecule has 2 aromatic heterocycles. The van der Waals surface area contributed by atoms with Gasteiger partial charge in [-0.15, -0.1) is 11.3 Å². The van der Waals surface area contributed by atoms with E-state index in [-0.39, 0.29) is 23.2 Å². The number of rotatable bonds is 4. The number of aromatic nitrogens is 2. The lowest BCUT2D eigenvalue weighted by Gasteiger charge is -2.34. The highest BCUT2D eigenvalue weighted by atomic mass is 79.9. The largest absolute Gasteiger partial charge is 0.493 e. The predicted octanol–water partition coefficient (Wildman–Crippen LogP) is 4.50. The van der Waals surface area contributed by atoms with E-state index in [1.54, 1.807) is 14.2 Å². The average Bonchev–Trinajstić information content (AvgIpc) is 3.37. The van der Waals surface area contributed by atoms with E-state index in [0.29, 0.717) is 41.3 Å². The molecular weight excluding hydrogens is 482 g/mol. The number of thiophene rings is 1. The quantitative estimate of drug-likeness (QED) is 0.488. The summed E-state index contributed by atoms with van der Waals surface area (Å²) in [6.07, 6.45) is 1.03. The minimum Gasteiger partial charge on any atom is -0.493 e. The Bertz CT molecular complexity index is 1270. The van der Waals surface area contributed by atoms with Crippen LogP contribution in [0.4, 0.5) is 5.82 Å². The van der Waals surface area contributed by atoms with Crippen LogP contribution < -0.4 is 20.3 Å². The topological polar surface area (TPSA) is 96.2 Å². The predicted molar refractivity (Wildman–Crippen MR) is 122 cm³/mol. The molecule has 2 atom stereocenters. The van der Waals surface area contributed by atoms with E-state index in [9.17, 15) is 9.59 Å². The third-order valence-corrected chi connectivity index (χ3v) is 7.62. The number of methoxy groups -OCH3 is 2. The van der Waals surface area contributed by atoms with Crippen LogP contribution in [0.3, 0.4) is 0 Å². The first-order valence-electron chi connectivity index (χ1n) is 9.81. The molecule has 1 aliphatic heterocycles. The molecule has 3 N–H and O–H groups in total. The van der Waals surface area contributed by atoms with E-state index < -0.39 is 0 Å². The molecule has 3 heterocycles. The van der Waals surface area contributed by atoms with Crippen molar-refractivity contribution in [2.45, 2.75) is 24.7 Å². The highest BCUT2D eigenvalue weighted by molar-refractivity contribution is 9.11. The first kappa shape index (κ1) is 20.1. The fourth-order valence-corrected chi connectivity index (χ4v) is 6.08. The molecule has 9 heteroatoms. The van der Waals surface area contributed by atoms with Crippen molar-refractivity contribution in [2.75, 3.05) is 19.5 Å². The summed E-state index contributed by atoms with van der Waals surface area (Å²) in [7, 11) is 3.20. The highest BCUT2D eigenvalue weighted by Gasteiger charge is 2.41. The molecule has 5 rings (SSSR count). The minimum atomic E-state index is -0.378. The van der Waals surface area contributed by atoms with Crippen LogP contribution in [0.25, 0.3) is 0 Å². The monoisotopic (exact) mass is 501 g/mol. The van der Waals surface area contributed by atoms with Crippen molar-refractivity contribution < 1.29 is 14.3 Å². The molecule has 31 heavy (non-hydrogen) atoms. The Morgan fingerprint density at radius 1 is 1.03 bits per heavy atom. The Hall–Kier alpha value is -2.78. The van der Waals surface area contributed by atoms with Gasteiger partial charge in [0.05, 0.1) is 29.5 Å². The molecule has 160 valence electrons. The van der Waals surface area contributed by atoms with Crippen LogP contribution >= 0.6 is 27.3 Å². The molecule has 1 aromatic carbocycles. The van der Waals surface area contributed by atoms with Gasteiger partial charge in [0, 0.05) is 22.6 Å². The van der Waals surface area contributed by atoms with E-state index >= 15 is 0 Å². The second kappa shape index (κ2) is 7.72. The van der Waals surface area contributed by atoms with Crippen molar-refractivity contribution in [3.05, 3.63) is 71.7 Å². The number of aromatic amines is 2. The maximum Gasteiger partial charge on any atom is 0.270 e. The second-order valence-electron chi connectivity index (χ2n) is 7.60. The van der Waals surface area contributed by atoms with Gasteiger partial charge in [-0.3, -0.25) is 19.8 Å². The minimum absolute atomic E-state index is 0.00138. The van der Waals surface area contributed by atoms with Crippen molar-refractivity contribution >= 4 is 38.9 Å². The Morgan fingerprint density at radius 2 is 1.84 bits per heavy atom. The fourth-order valence-electron chi connectivity index (χ4n) is 4.53. The van der Waals surface area contributed by atoms with Crippen LogP contribution in [0.5, 0.6) is 11.5 Å². The lowest BCUT2D eigenvalue weighted by atomic mass is 9.74. The lowest BCUT2D eigenvalue weighted by molar-refractivity contribution is -0.116. The first-order chi connectivity index (χ1) is 15.0. The number of nitrogens with one attached hydrogen (secondary N) is 3. The molecule has 0 spiro atoms. The summed E-state index contributed by atoms with van der Waals surface area (Å²) in [5.74, 6) is 1.59. The zero-order valence-corrected chi connectivity index (χ0v) is 19.3. The van der Waals surface area contributed by atoms with E-state index in [1.165, 1.54) is 11.3 Å². The van der Waals surface area contributed by atoms with Crippen molar-refractivity contribution in [2.24, 2.45) is 0 Å². The first-order valence-corrected chi connectivity index (χ1v) is 11.4. The third kappa shape index (κ3) is 3.32. The van der Waals surface area contributed by atoms with Crippen LogP contribution in [0.15, 0.2) is 50.2 Å². The summed E-state index contributed by atoms with van der Waals surface area (Å²) < 4.78 is 11.7. The number of benzene rings is 1. The zero-order chi connectivity index (χ0) is 21.7. The second-order valence-corrected chi connectivity index (χ2v) is 10.1. The molecule has 0 bridgehead atoms. The van der Waals surface area contributed by atoms with Gasteiger partial charge in [-0.1, -0.05) is 6.07 Å². The number of hydrogen-bond donors (Lipinski definition) is 3. The molecule has 2 aliphatic rings. The van der Waals surface area contributed by atoms with E-state index in [2.05, 4.69) is 31.4 Å². The Balaban J connectivity index is 1.58. The molecule has 0 fully saturated rings. The average molecular weight is 502 g/mol. The van der Waals surface area contributed by atoms with Crippen LogP contribution in [0, 0.1) is 0 Å². The highest BCUT2D eigenvalue weighted by Crippen LogP contribution is 2.48. The summed E-state index contributed by atoms with van der Waals surface area (Å²) in [5.41, 5.74) is 2.91. The zero-order valence-electron chi connectivity index (χ0n) is 16.9. The third-order valence-electron chi connectivity index (χ3n) is 5.93. The van der Waals surface area contributed by atoms with Crippen molar-refractivity contribution in [3.63, 3.8) is 0 Å². The van der Waals surface area contributed by atoms with E-state index in [0.717, 1.165) is 19.9 Å². The van der Waals surface area contributed by atoms with Gasteiger partial charge < -0.3 is 14.8 Å². The van der Waals surface area contributed by atoms with Gasteiger partial charge in [0.15, 0.2) is 17.3 Å². The van der Waals surface area contributed by atoms with Crippen molar-refractivity contribution in [3.8, 4) is 11.5 Å². The van der Waals surface area contributed by atoms with Crippen LogP contribution in [0.2, 0.25) is 0 Å². The van der Waals surface area contributed by atoms with Gasteiger partial charge in [0.1, 0.15) is 5.82 Å². The molecular formula is C22H20BrN3O4S. The molecule has 7 nitrogen and oxygen atoms in total. The van der Waals surface area contributed by atoms with Gasteiger partial charge >= 0.3 is 0 Å². The molecule has 0 saturated heterocycles. The molecule has 0 saturated carbocycles. The summed E-state index contributed by atoms with van der Waals surface area (Å²) in [6, 6.07) is 9.69. The number of hydrogen-bond acceptors (Lipinski definition) is 6. The number of Topliss-reactive ketones (excluding diaryl/α,β-unsaturated/α-hetero) is 1. The standard InChI is InChI=1S/C22H20BrN3O4S/c1-29-14-4-3-10(9-15(14)30-2)11-7-12-18(13(27)8-11)19(16-5-6-17(23)31-16)20-21(24-12)25-26-22(20)28/h3-6,9,11,19H,7-8H2,1-2H3,(H3,24,25,26,28)/t11-,19-/m1/s1. The number of carbonyl (C=O) groups is 1. The molecule has 0 unspecified atom stereocenters. The maximum atomic E-state index is 13.4. The molecule has 1 aliphatic carbocycles. The van der Waals surface area contributed by atoms with Gasteiger partial charge in [0.2, 0.25) is 0 Å². The van der Waals surface area contributed by atoms with Crippen molar-refractivity contribution in [1.82, 2.24) is 10.2 Å². The summed E-state index contributed by atoms with van der Waals surface area (Å²) in [6.45, 7) is 0. The Morgan fingerprint density at radius 3 is 2.55 bits per heavy atom. The summed E-state index contributed by atoms with van der Waals surface area (Å²) >= 11 is 5.04. The Kier molecular flexibility index (Phi) is 5.02. The number of anilines is 1. The van der Waals surface area contributed by atoms with Gasteiger partial charge in [0.25, 0.3) is 5.56 Å². The number of halogens is 1. The molecule has 0 amide bonds. The molecule has 0 radical (unpaired) electrons. The number of ether oxygens (including phenoxy) is 2. The van der Waals surface area contributed by atoms with E-state index in [4.69, 9.17) is 9.47 Å². The van der Waals surface area contributed by atoms with Gasteiger partial charge in [-0.05, 0) is 58.1 Å².